The minimum Gasteiger partial charge on any atom is -0.497 e. The van der Waals surface area contributed by atoms with Gasteiger partial charge in [0.2, 0.25) is 5.79 Å². The summed E-state index contributed by atoms with van der Waals surface area (Å²) < 4.78 is 17.7. The number of carbonyl (C=O) groups excluding carboxylic acids is 1. The third kappa shape index (κ3) is 3.06. The van der Waals surface area contributed by atoms with Crippen molar-refractivity contribution >= 4 is 17.1 Å². The largest absolute Gasteiger partial charge is 0.497 e. The first-order valence-electron chi connectivity index (χ1n) is 10.5. The molecule has 0 N–H and O–H groups in total. The van der Waals surface area contributed by atoms with E-state index in [-0.39, 0.29) is 11.4 Å². The van der Waals surface area contributed by atoms with Gasteiger partial charge in [-0.25, -0.2) is 4.79 Å². The quantitative estimate of drug-likeness (QED) is 0.673. The van der Waals surface area contributed by atoms with Gasteiger partial charge in [-0.3, -0.25) is 0 Å². The van der Waals surface area contributed by atoms with Crippen LogP contribution >= 0.6 is 0 Å². The molecule has 0 bridgehead atoms. The van der Waals surface area contributed by atoms with Crippen LogP contribution in [0.15, 0.2) is 54.6 Å². The second-order valence-electron chi connectivity index (χ2n) is 8.51. The van der Waals surface area contributed by atoms with E-state index in [0.717, 1.165) is 41.7 Å². The zero-order valence-corrected chi connectivity index (χ0v) is 16.8. The molecule has 4 heteroatoms. The molecule has 2 aliphatic heterocycles. The summed E-state index contributed by atoms with van der Waals surface area (Å²) in [7, 11) is 1.64. The molecule has 0 radical (unpaired) electrons. The Kier molecular flexibility index (Phi) is 4.47. The highest BCUT2D eigenvalue weighted by molar-refractivity contribution is 6.28. The fourth-order valence-electron chi connectivity index (χ4n) is 5.25. The van der Waals surface area contributed by atoms with Crippen molar-refractivity contribution in [2.75, 3.05) is 13.7 Å². The number of hydrogen-bond acceptors (Lipinski definition) is 4. The molecule has 1 saturated carbocycles. The Balaban J connectivity index is 1.64. The number of ether oxygens (including phenoxy) is 3. The molecular formula is C25H26O4. The fraction of sp³-hybridized carbons (Fsp3) is 0.400. The summed E-state index contributed by atoms with van der Waals surface area (Å²) in [5.74, 6) is -0.526. The number of esters is 1. The molecule has 150 valence electrons. The lowest BCUT2D eigenvalue weighted by Crippen LogP contribution is -2.32. The van der Waals surface area contributed by atoms with Gasteiger partial charge in [0.15, 0.2) is 0 Å². The summed E-state index contributed by atoms with van der Waals surface area (Å²) in [5, 5.41) is 0. The Morgan fingerprint density at radius 3 is 2.31 bits per heavy atom. The zero-order chi connectivity index (χ0) is 19.9. The predicted molar refractivity (Wildman–Crippen MR) is 111 cm³/mol. The molecule has 2 aromatic rings. The topological polar surface area (TPSA) is 44.8 Å². The molecule has 1 unspecified atom stereocenters. The van der Waals surface area contributed by atoms with Crippen molar-refractivity contribution < 1.29 is 19.0 Å². The van der Waals surface area contributed by atoms with Crippen molar-refractivity contribution in [2.24, 2.45) is 5.41 Å². The Bertz CT molecular complexity index is 939. The maximum Gasteiger partial charge on any atom is 0.342 e. The number of methoxy groups -OCH3 is 1. The van der Waals surface area contributed by atoms with E-state index >= 15 is 0 Å². The van der Waals surface area contributed by atoms with Crippen LogP contribution in [0.25, 0.3) is 11.1 Å². The zero-order valence-electron chi connectivity index (χ0n) is 16.8. The van der Waals surface area contributed by atoms with Crippen molar-refractivity contribution in [3.05, 3.63) is 65.7 Å². The van der Waals surface area contributed by atoms with Gasteiger partial charge >= 0.3 is 5.97 Å². The smallest absolute Gasteiger partial charge is 0.342 e. The molecule has 29 heavy (non-hydrogen) atoms. The minimum absolute atomic E-state index is 0.119. The Morgan fingerprint density at radius 2 is 1.62 bits per heavy atom. The van der Waals surface area contributed by atoms with E-state index in [1.807, 2.05) is 54.6 Å². The van der Waals surface area contributed by atoms with Gasteiger partial charge in [0.25, 0.3) is 0 Å². The van der Waals surface area contributed by atoms with E-state index in [1.54, 1.807) is 7.11 Å². The standard InChI is InChI=1S/C25H26O4/c1-27-20-12-10-18(11-13-20)21-22(19-8-4-2-5-9-19)25(29-23(21)26)16-24(17-28-25)14-6-3-7-15-24/h2,4-5,8-13H,3,6-7,14-17H2,1H3. The maximum atomic E-state index is 13.2. The van der Waals surface area contributed by atoms with E-state index in [9.17, 15) is 4.79 Å². The summed E-state index contributed by atoms with van der Waals surface area (Å²) in [5.41, 5.74) is 3.41. The van der Waals surface area contributed by atoms with Crippen LogP contribution in [0, 0.1) is 5.41 Å². The van der Waals surface area contributed by atoms with Crippen molar-refractivity contribution in [3.63, 3.8) is 0 Å². The van der Waals surface area contributed by atoms with Crippen molar-refractivity contribution in [1.82, 2.24) is 0 Å². The molecular weight excluding hydrogens is 364 g/mol. The SMILES string of the molecule is COc1ccc(C2=C(c3ccccc3)C3(CC4(CCCCC4)CO3)OC2=O)cc1. The second-order valence-corrected chi connectivity index (χ2v) is 8.51. The third-order valence-electron chi connectivity index (χ3n) is 6.67. The van der Waals surface area contributed by atoms with Gasteiger partial charge in [-0.15, -0.1) is 0 Å². The third-order valence-corrected chi connectivity index (χ3v) is 6.67. The van der Waals surface area contributed by atoms with Gasteiger partial charge in [-0.2, -0.15) is 0 Å². The Hall–Kier alpha value is -2.59. The van der Waals surface area contributed by atoms with E-state index in [4.69, 9.17) is 14.2 Å². The molecule has 1 atom stereocenters. The molecule has 1 aliphatic carbocycles. The molecule has 5 rings (SSSR count). The Morgan fingerprint density at radius 1 is 0.897 bits per heavy atom. The van der Waals surface area contributed by atoms with Crippen LogP contribution in [0.4, 0.5) is 0 Å². The molecule has 1 saturated heterocycles. The van der Waals surface area contributed by atoms with Crippen molar-refractivity contribution in [3.8, 4) is 5.75 Å². The predicted octanol–water partition coefficient (Wildman–Crippen LogP) is 5.23. The fourth-order valence-corrected chi connectivity index (χ4v) is 5.25. The normalized spacial score (nSPS) is 25.6. The molecule has 0 amide bonds. The van der Waals surface area contributed by atoms with E-state index < -0.39 is 5.79 Å². The highest BCUT2D eigenvalue weighted by atomic mass is 16.7. The van der Waals surface area contributed by atoms with Gasteiger partial charge in [-0.1, -0.05) is 61.7 Å². The van der Waals surface area contributed by atoms with Gasteiger partial charge in [0.1, 0.15) is 5.75 Å². The lowest BCUT2D eigenvalue weighted by molar-refractivity contribution is -0.178. The summed E-state index contributed by atoms with van der Waals surface area (Å²) in [6, 6.07) is 17.6. The highest BCUT2D eigenvalue weighted by Crippen LogP contribution is 2.57. The first-order valence-corrected chi connectivity index (χ1v) is 10.5. The first kappa shape index (κ1) is 18.4. The lowest BCUT2D eigenvalue weighted by Gasteiger charge is -2.33. The molecule has 4 nitrogen and oxygen atoms in total. The van der Waals surface area contributed by atoms with E-state index in [1.165, 1.54) is 19.3 Å². The van der Waals surface area contributed by atoms with E-state index in [2.05, 4.69) is 0 Å². The number of carbonyl (C=O) groups is 1. The Labute approximate surface area is 171 Å². The van der Waals surface area contributed by atoms with Gasteiger partial charge < -0.3 is 14.2 Å². The van der Waals surface area contributed by atoms with Crippen LogP contribution in [-0.2, 0) is 14.3 Å². The number of benzene rings is 2. The van der Waals surface area contributed by atoms with Crippen LogP contribution in [0.5, 0.6) is 5.75 Å². The molecule has 3 aliphatic rings. The second kappa shape index (κ2) is 7.03. The highest BCUT2D eigenvalue weighted by Gasteiger charge is 2.59. The van der Waals surface area contributed by atoms with Crippen molar-refractivity contribution in [1.29, 1.82) is 0 Å². The molecule has 2 aromatic carbocycles. The first-order chi connectivity index (χ1) is 14.1. The molecule has 2 spiro atoms. The van der Waals surface area contributed by atoms with Gasteiger partial charge in [-0.05, 0) is 36.1 Å². The van der Waals surface area contributed by atoms with Gasteiger partial charge in [0, 0.05) is 17.4 Å². The van der Waals surface area contributed by atoms with Crippen LogP contribution in [0.3, 0.4) is 0 Å². The number of rotatable bonds is 3. The minimum atomic E-state index is -0.981. The number of hydrogen-bond donors (Lipinski definition) is 0. The molecule has 0 aromatic heterocycles. The summed E-state index contributed by atoms with van der Waals surface area (Å²) in [6.07, 6.45) is 6.77. The van der Waals surface area contributed by atoms with Crippen LogP contribution in [0.2, 0.25) is 0 Å². The van der Waals surface area contributed by atoms with Crippen LogP contribution in [-0.4, -0.2) is 25.5 Å². The molecule has 2 fully saturated rings. The summed E-state index contributed by atoms with van der Waals surface area (Å²) >= 11 is 0. The monoisotopic (exact) mass is 390 g/mol. The van der Waals surface area contributed by atoms with Crippen molar-refractivity contribution in [2.45, 2.75) is 44.3 Å². The van der Waals surface area contributed by atoms with Crippen LogP contribution < -0.4 is 4.74 Å². The molecule has 2 heterocycles. The summed E-state index contributed by atoms with van der Waals surface area (Å²) in [4.78, 5) is 13.2. The van der Waals surface area contributed by atoms with Gasteiger partial charge in [0.05, 0.1) is 19.3 Å². The van der Waals surface area contributed by atoms with E-state index in [0.29, 0.717) is 12.2 Å². The average molecular weight is 390 g/mol. The summed E-state index contributed by atoms with van der Waals surface area (Å²) in [6.45, 7) is 0.659. The maximum absolute atomic E-state index is 13.2. The lowest BCUT2D eigenvalue weighted by atomic mass is 9.71. The average Bonchev–Trinajstić information content (AvgIpc) is 3.25. The van der Waals surface area contributed by atoms with Crippen LogP contribution in [0.1, 0.15) is 49.7 Å².